The van der Waals surface area contributed by atoms with Crippen molar-refractivity contribution in [2.45, 2.75) is 31.8 Å². The highest BCUT2D eigenvalue weighted by Gasteiger charge is 2.60. The number of rotatable bonds is 8. The molecule has 0 N–H and O–H groups in total. The molecule has 0 spiro atoms. The molecule has 0 aliphatic heterocycles. The van der Waals surface area contributed by atoms with Gasteiger partial charge in [0.2, 0.25) is 0 Å². The van der Waals surface area contributed by atoms with Crippen molar-refractivity contribution in [3.05, 3.63) is 0 Å². The highest BCUT2D eigenvalue weighted by molar-refractivity contribution is 7.86. The zero-order valence-corrected chi connectivity index (χ0v) is 12.1. The highest BCUT2D eigenvalue weighted by Crippen LogP contribution is 2.71. The van der Waals surface area contributed by atoms with Crippen molar-refractivity contribution in [3.63, 3.8) is 0 Å². The molecule has 0 aromatic rings. The molecule has 1 aliphatic carbocycles. The summed E-state index contributed by atoms with van der Waals surface area (Å²) in [5.74, 6) is 0. The molecule has 1 fully saturated rings. The topological polar surface area (TPSA) is 78.9 Å². The van der Waals surface area contributed by atoms with Gasteiger partial charge in [0.15, 0.2) is 0 Å². The Kier molecular flexibility index (Phi) is 4.77. The van der Waals surface area contributed by atoms with Crippen molar-refractivity contribution in [2.75, 3.05) is 26.1 Å². The summed E-state index contributed by atoms with van der Waals surface area (Å²) in [6, 6.07) is 0. The van der Waals surface area contributed by atoms with Gasteiger partial charge in [-0.2, -0.15) is 8.42 Å². The summed E-state index contributed by atoms with van der Waals surface area (Å²) in [7, 11) is -6.83. The SMILES string of the molecule is CCOP(=O)(OCC)C1(COS(C)(=O)=O)CC1. The van der Waals surface area contributed by atoms with Crippen LogP contribution in [0.4, 0.5) is 0 Å². The molecule has 0 amide bonds. The lowest BCUT2D eigenvalue weighted by atomic mass is 10.5. The Hall–Kier alpha value is 0.0600. The minimum atomic E-state index is -3.54. The molecule has 0 heterocycles. The van der Waals surface area contributed by atoms with Crippen molar-refractivity contribution < 1.29 is 26.2 Å². The van der Waals surface area contributed by atoms with Gasteiger partial charge < -0.3 is 9.05 Å². The van der Waals surface area contributed by atoms with Gasteiger partial charge >= 0.3 is 7.60 Å². The minimum absolute atomic E-state index is 0.136. The lowest BCUT2D eigenvalue weighted by Gasteiger charge is -2.25. The van der Waals surface area contributed by atoms with Crippen molar-refractivity contribution in [2.24, 2.45) is 0 Å². The van der Waals surface area contributed by atoms with Crippen molar-refractivity contribution in [1.82, 2.24) is 0 Å². The first kappa shape index (κ1) is 15.1. The number of hydrogen-bond donors (Lipinski definition) is 0. The average Bonchev–Trinajstić information content (AvgIpc) is 2.95. The van der Waals surface area contributed by atoms with E-state index in [1.54, 1.807) is 13.8 Å². The van der Waals surface area contributed by atoms with Crippen LogP contribution < -0.4 is 0 Å². The fourth-order valence-electron chi connectivity index (χ4n) is 1.51. The molecule has 1 saturated carbocycles. The number of hydrogen-bond acceptors (Lipinski definition) is 6. The third kappa shape index (κ3) is 3.76. The van der Waals surface area contributed by atoms with Crippen LogP contribution in [-0.4, -0.2) is 39.7 Å². The van der Waals surface area contributed by atoms with E-state index in [4.69, 9.17) is 13.2 Å². The normalized spacial score (nSPS) is 19.2. The molecule has 6 nitrogen and oxygen atoms in total. The van der Waals surface area contributed by atoms with Crippen molar-refractivity contribution >= 4 is 17.7 Å². The third-order valence-electron chi connectivity index (χ3n) is 2.55. The molecule has 8 heteroatoms. The van der Waals surface area contributed by atoms with E-state index in [1.807, 2.05) is 0 Å². The molecule has 1 aliphatic rings. The van der Waals surface area contributed by atoms with Gasteiger partial charge in [0.05, 0.1) is 31.2 Å². The van der Waals surface area contributed by atoms with E-state index in [-0.39, 0.29) is 19.8 Å². The van der Waals surface area contributed by atoms with Crippen molar-refractivity contribution in [3.8, 4) is 0 Å². The fourth-order valence-corrected chi connectivity index (χ4v) is 4.22. The molecule has 0 aromatic carbocycles. The Bertz CT molecular complexity index is 390. The van der Waals surface area contributed by atoms with E-state index in [0.29, 0.717) is 12.8 Å². The van der Waals surface area contributed by atoms with E-state index < -0.39 is 22.9 Å². The molecule has 0 unspecified atom stereocenters. The summed E-state index contributed by atoms with van der Waals surface area (Å²) in [4.78, 5) is 0. The molecule has 0 radical (unpaired) electrons. The lowest BCUT2D eigenvalue weighted by molar-refractivity contribution is 0.195. The Labute approximate surface area is 102 Å². The van der Waals surface area contributed by atoms with Gasteiger partial charge in [0.25, 0.3) is 10.1 Å². The maximum atomic E-state index is 12.5. The fraction of sp³-hybridized carbons (Fsp3) is 1.00. The Morgan fingerprint density at radius 2 is 1.65 bits per heavy atom. The molecule has 0 saturated heterocycles. The first-order valence-corrected chi connectivity index (χ1v) is 8.88. The van der Waals surface area contributed by atoms with E-state index in [1.165, 1.54) is 0 Å². The Balaban J connectivity index is 2.76. The maximum absolute atomic E-state index is 12.5. The zero-order chi connectivity index (χ0) is 13.2. The van der Waals surface area contributed by atoms with Gasteiger partial charge in [0, 0.05) is 0 Å². The van der Waals surface area contributed by atoms with Crippen LogP contribution in [0.25, 0.3) is 0 Å². The van der Waals surface area contributed by atoms with Crippen LogP contribution in [0, 0.1) is 0 Å². The molecule has 0 bridgehead atoms. The lowest BCUT2D eigenvalue weighted by Crippen LogP contribution is -2.23. The second-order valence-corrected chi connectivity index (χ2v) is 8.13. The van der Waals surface area contributed by atoms with Gasteiger partial charge in [-0.3, -0.25) is 8.75 Å². The molecular weight excluding hydrogens is 267 g/mol. The Morgan fingerprint density at radius 3 is 1.94 bits per heavy atom. The summed E-state index contributed by atoms with van der Waals surface area (Å²) in [5.41, 5.74) is 0. The van der Waals surface area contributed by atoms with Crippen molar-refractivity contribution in [1.29, 1.82) is 0 Å². The highest BCUT2D eigenvalue weighted by atomic mass is 32.2. The summed E-state index contributed by atoms with van der Waals surface area (Å²) >= 11 is 0. The average molecular weight is 286 g/mol. The van der Waals surface area contributed by atoms with E-state index in [0.717, 1.165) is 6.26 Å². The molecule has 102 valence electrons. The smallest absolute Gasteiger partial charge is 0.308 e. The van der Waals surface area contributed by atoms with Crippen LogP contribution in [0.1, 0.15) is 26.7 Å². The van der Waals surface area contributed by atoms with Crippen LogP contribution in [0.3, 0.4) is 0 Å². The largest absolute Gasteiger partial charge is 0.339 e. The second kappa shape index (κ2) is 5.36. The van der Waals surface area contributed by atoms with Crippen LogP contribution in [-0.2, 0) is 27.9 Å². The molecule has 17 heavy (non-hydrogen) atoms. The van der Waals surface area contributed by atoms with Crippen LogP contribution in [0.5, 0.6) is 0 Å². The third-order valence-corrected chi connectivity index (χ3v) is 6.03. The monoisotopic (exact) mass is 286 g/mol. The van der Waals surface area contributed by atoms with Gasteiger partial charge in [-0.15, -0.1) is 0 Å². The van der Waals surface area contributed by atoms with Gasteiger partial charge in [-0.1, -0.05) is 0 Å². The first-order valence-electron chi connectivity index (χ1n) is 5.52. The van der Waals surface area contributed by atoms with E-state index in [9.17, 15) is 13.0 Å². The summed E-state index contributed by atoms with van der Waals surface area (Å²) in [6.07, 6.45) is 2.16. The maximum Gasteiger partial charge on any atom is 0.339 e. The van der Waals surface area contributed by atoms with Gasteiger partial charge in [-0.05, 0) is 26.7 Å². The molecular formula is C9H19O6PS. The standard InChI is InChI=1S/C9H19O6PS/c1-4-13-16(10,14-5-2)9(6-7-9)8-15-17(3,11)12/h4-8H2,1-3H3. The zero-order valence-electron chi connectivity index (χ0n) is 10.3. The minimum Gasteiger partial charge on any atom is -0.308 e. The van der Waals surface area contributed by atoms with Gasteiger partial charge in [-0.25, -0.2) is 0 Å². The quantitative estimate of drug-likeness (QED) is 0.499. The predicted octanol–water partition coefficient (Wildman–Crippen LogP) is 1.76. The second-order valence-electron chi connectivity index (χ2n) is 4.02. The molecule has 1 rings (SSSR count). The van der Waals surface area contributed by atoms with Crippen LogP contribution in [0.2, 0.25) is 0 Å². The molecule has 0 atom stereocenters. The Morgan fingerprint density at radius 1 is 1.18 bits per heavy atom. The van der Waals surface area contributed by atoms with E-state index >= 15 is 0 Å². The van der Waals surface area contributed by atoms with Crippen LogP contribution >= 0.6 is 7.60 Å². The van der Waals surface area contributed by atoms with Crippen LogP contribution in [0.15, 0.2) is 0 Å². The van der Waals surface area contributed by atoms with Gasteiger partial charge in [0.1, 0.15) is 0 Å². The molecule has 0 aromatic heterocycles. The summed E-state index contributed by atoms with van der Waals surface area (Å²) in [6.45, 7) is 3.83. The summed E-state index contributed by atoms with van der Waals surface area (Å²) in [5, 5.41) is -0.776. The predicted molar refractivity (Wildman–Crippen MR) is 63.6 cm³/mol. The first-order chi connectivity index (χ1) is 7.79. The van der Waals surface area contributed by atoms with E-state index in [2.05, 4.69) is 0 Å². The summed E-state index contributed by atoms with van der Waals surface area (Å²) < 4.78 is 49.6.